The minimum absolute atomic E-state index is 0.0351. The fourth-order valence-electron chi connectivity index (χ4n) is 3.06. The maximum atomic E-state index is 13.1. The molecule has 0 fully saturated rings. The molecule has 0 radical (unpaired) electrons. The number of hydrogen-bond acceptors (Lipinski definition) is 5. The van der Waals surface area contributed by atoms with Gasteiger partial charge in [0.15, 0.2) is 11.7 Å². The maximum absolute atomic E-state index is 13.1. The van der Waals surface area contributed by atoms with E-state index in [0.717, 1.165) is 23.2 Å². The van der Waals surface area contributed by atoms with Crippen LogP contribution in [0.2, 0.25) is 5.02 Å². The number of ether oxygens (including phenoxy) is 1. The molecule has 0 atom stereocenters. The first-order valence-corrected chi connectivity index (χ1v) is 11.3. The number of amides is 1. The first-order chi connectivity index (χ1) is 14.3. The summed E-state index contributed by atoms with van der Waals surface area (Å²) in [5.74, 6) is 1.03. The highest BCUT2D eigenvalue weighted by molar-refractivity contribution is 7.22. The van der Waals surface area contributed by atoms with Crippen LogP contribution in [0.5, 0.6) is 5.75 Å². The molecule has 5 nitrogen and oxygen atoms in total. The molecule has 0 unspecified atom stereocenters. The molecule has 160 valence electrons. The number of carbonyl (C=O) groups is 1. The number of nitrogens with zero attached hydrogens (tertiary/aromatic N) is 3. The Morgan fingerprint density at radius 3 is 2.50 bits per heavy atom. The summed E-state index contributed by atoms with van der Waals surface area (Å²) in [4.78, 5) is 21.5. The topological polar surface area (TPSA) is 45.7 Å². The number of halogens is 1. The summed E-state index contributed by atoms with van der Waals surface area (Å²) < 4.78 is 6.75. The summed E-state index contributed by atoms with van der Waals surface area (Å²) in [5, 5.41) is 1.25. The number of thiazole rings is 1. The Kier molecular flexibility index (Phi) is 7.69. The van der Waals surface area contributed by atoms with E-state index in [0.29, 0.717) is 28.4 Å². The summed E-state index contributed by atoms with van der Waals surface area (Å²) >= 11 is 7.76. The summed E-state index contributed by atoms with van der Waals surface area (Å²) in [6.07, 6.45) is 0.839. The standard InChI is InChI=1S/C23H28ClN3O2S/c1-16(2)17-9-11-18(12-10-17)29-15-21(28)27(14-6-13-26(3)4)23-25-22-19(24)7-5-8-20(22)30-23/h5,7-12,16H,6,13-15H2,1-4H3. The van der Waals surface area contributed by atoms with Crippen LogP contribution in [0.15, 0.2) is 42.5 Å². The van der Waals surface area contributed by atoms with E-state index in [9.17, 15) is 4.79 Å². The Balaban J connectivity index is 1.74. The molecule has 0 saturated carbocycles. The largest absolute Gasteiger partial charge is 0.484 e. The Hall–Kier alpha value is -2.15. The average Bonchev–Trinajstić information content (AvgIpc) is 3.15. The molecule has 30 heavy (non-hydrogen) atoms. The molecular weight excluding hydrogens is 418 g/mol. The molecule has 0 aliphatic heterocycles. The molecule has 3 rings (SSSR count). The lowest BCUT2D eigenvalue weighted by atomic mass is 10.0. The Morgan fingerprint density at radius 1 is 1.13 bits per heavy atom. The molecule has 0 aliphatic carbocycles. The summed E-state index contributed by atoms with van der Waals surface area (Å²) in [6.45, 7) is 5.72. The molecular formula is C23H28ClN3O2S. The predicted octanol–water partition coefficient (Wildman–Crippen LogP) is 5.44. The van der Waals surface area contributed by atoms with Gasteiger partial charge >= 0.3 is 0 Å². The van der Waals surface area contributed by atoms with Crippen LogP contribution in [0, 0.1) is 0 Å². The van der Waals surface area contributed by atoms with Crippen molar-refractivity contribution in [2.75, 3.05) is 38.7 Å². The number of fused-ring (bicyclic) bond motifs is 1. The average molecular weight is 446 g/mol. The van der Waals surface area contributed by atoms with Crippen LogP contribution < -0.4 is 9.64 Å². The van der Waals surface area contributed by atoms with Crippen LogP contribution in [-0.2, 0) is 4.79 Å². The van der Waals surface area contributed by atoms with Crippen molar-refractivity contribution in [1.82, 2.24) is 9.88 Å². The number of aromatic nitrogens is 1. The lowest BCUT2D eigenvalue weighted by Crippen LogP contribution is -2.36. The zero-order chi connectivity index (χ0) is 21.7. The van der Waals surface area contributed by atoms with E-state index >= 15 is 0 Å². The minimum atomic E-state index is -0.114. The quantitative estimate of drug-likeness (QED) is 0.440. The zero-order valence-corrected chi connectivity index (χ0v) is 19.5. The van der Waals surface area contributed by atoms with Gasteiger partial charge in [0, 0.05) is 6.54 Å². The van der Waals surface area contributed by atoms with E-state index in [2.05, 4.69) is 23.7 Å². The van der Waals surface area contributed by atoms with Crippen molar-refractivity contribution in [3.63, 3.8) is 0 Å². The second-order valence-electron chi connectivity index (χ2n) is 7.80. The van der Waals surface area contributed by atoms with Gasteiger partial charge in [0.25, 0.3) is 5.91 Å². The van der Waals surface area contributed by atoms with Crippen molar-refractivity contribution in [3.8, 4) is 5.75 Å². The van der Waals surface area contributed by atoms with E-state index in [1.54, 1.807) is 4.90 Å². The van der Waals surface area contributed by atoms with Crippen molar-refractivity contribution < 1.29 is 9.53 Å². The van der Waals surface area contributed by atoms with Crippen molar-refractivity contribution >= 4 is 44.2 Å². The SMILES string of the molecule is CC(C)c1ccc(OCC(=O)N(CCCN(C)C)c2nc3c(Cl)cccc3s2)cc1. The van der Waals surface area contributed by atoms with Crippen LogP contribution in [0.25, 0.3) is 10.2 Å². The summed E-state index contributed by atoms with van der Waals surface area (Å²) in [5.41, 5.74) is 1.97. The Morgan fingerprint density at radius 2 is 1.87 bits per heavy atom. The predicted molar refractivity (Wildman–Crippen MR) is 126 cm³/mol. The zero-order valence-electron chi connectivity index (χ0n) is 17.9. The number of hydrogen-bond donors (Lipinski definition) is 0. The molecule has 7 heteroatoms. The van der Waals surface area contributed by atoms with Crippen molar-refractivity contribution in [3.05, 3.63) is 53.1 Å². The molecule has 0 saturated heterocycles. The molecule has 0 spiro atoms. The van der Waals surface area contributed by atoms with Gasteiger partial charge in [0.1, 0.15) is 11.3 Å². The van der Waals surface area contributed by atoms with Crippen molar-refractivity contribution in [2.24, 2.45) is 0 Å². The van der Waals surface area contributed by atoms with Gasteiger partial charge in [-0.15, -0.1) is 0 Å². The molecule has 0 bridgehead atoms. The monoisotopic (exact) mass is 445 g/mol. The second-order valence-corrected chi connectivity index (χ2v) is 9.21. The molecule has 1 amide bonds. The Bertz CT molecular complexity index is 986. The minimum Gasteiger partial charge on any atom is -0.484 e. The van der Waals surface area contributed by atoms with Gasteiger partial charge in [-0.05, 0) is 62.8 Å². The van der Waals surface area contributed by atoms with E-state index < -0.39 is 0 Å². The molecule has 0 N–H and O–H groups in total. The molecule has 0 aliphatic rings. The lowest BCUT2D eigenvalue weighted by Gasteiger charge is -2.21. The number of anilines is 1. The van der Waals surface area contributed by atoms with Gasteiger partial charge in [0.05, 0.1) is 9.72 Å². The highest BCUT2D eigenvalue weighted by atomic mass is 35.5. The van der Waals surface area contributed by atoms with Gasteiger partial charge in [-0.2, -0.15) is 0 Å². The molecule has 2 aromatic carbocycles. The molecule has 1 aromatic heterocycles. The molecule has 1 heterocycles. The van der Waals surface area contributed by atoms with Gasteiger partial charge in [-0.25, -0.2) is 4.98 Å². The smallest absolute Gasteiger partial charge is 0.266 e. The number of rotatable bonds is 9. The summed E-state index contributed by atoms with van der Waals surface area (Å²) in [7, 11) is 4.04. The molecule has 3 aromatic rings. The third-order valence-corrected chi connectivity index (χ3v) is 6.14. The number of benzene rings is 2. The van der Waals surface area contributed by atoms with Crippen LogP contribution in [-0.4, -0.2) is 49.6 Å². The van der Waals surface area contributed by atoms with Crippen LogP contribution >= 0.6 is 22.9 Å². The first-order valence-electron chi connectivity index (χ1n) is 10.1. The third kappa shape index (κ3) is 5.72. The summed E-state index contributed by atoms with van der Waals surface area (Å²) in [6, 6.07) is 13.6. The van der Waals surface area contributed by atoms with Crippen molar-refractivity contribution in [2.45, 2.75) is 26.2 Å². The van der Waals surface area contributed by atoms with Crippen molar-refractivity contribution in [1.29, 1.82) is 0 Å². The maximum Gasteiger partial charge on any atom is 0.266 e. The van der Waals surface area contributed by atoms with E-state index in [1.807, 2.05) is 56.6 Å². The highest BCUT2D eigenvalue weighted by Crippen LogP contribution is 2.33. The number of carbonyl (C=O) groups excluding carboxylic acids is 1. The van der Waals surface area contributed by atoms with Crippen LogP contribution in [0.3, 0.4) is 0 Å². The second kappa shape index (κ2) is 10.2. The fraction of sp³-hybridized carbons (Fsp3) is 0.391. The third-order valence-electron chi connectivity index (χ3n) is 4.79. The van der Waals surface area contributed by atoms with E-state index in [1.165, 1.54) is 16.9 Å². The van der Waals surface area contributed by atoms with Gasteiger partial charge < -0.3 is 9.64 Å². The van der Waals surface area contributed by atoms with E-state index in [4.69, 9.17) is 16.3 Å². The number of para-hydroxylation sites is 1. The van der Waals surface area contributed by atoms with Gasteiger partial charge in [-0.1, -0.05) is 55.0 Å². The van der Waals surface area contributed by atoms with E-state index in [-0.39, 0.29) is 12.5 Å². The Labute approximate surface area is 187 Å². The van der Waals surface area contributed by atoms with Gasteiger partial charge in [0.2, 0.25) is 0 Å². The lowest BCUT2D eigenvalue weighted by molar-refractivity contribution is -0.120. The fourth-order valence-corrected chi connectivity index (χ4v) is 4.37. The highest BCUT2D eigenvalue weighted by Gasteiger charge is 2.21. The van der Waals surface area contributed by atoms with Crippen LogP contribution in [0.1, 0.15) is 31.7 Å². The van der Waals surface area contributed by atoms with Gasteiger partial charge in [-0.3, -0.25) is 9.69 Å². The normalized spacial score (nSPS) is 11.4. The van der Waals surface area contributed by atoms with Crippen LogP contribution in [0.4, 0.5) is 5.13 Å². The first kappa shape index (κ1) is 22.5.